The standard InChI is InChI=1S/C26H28FN3O6S/c1-16-13-19(11-12-21(16)27)14-28-25(32)22-23(36-37(5,34)20-9-7-6-8-10-20)26(33)30(17(2)15-35-4)24(29-22)18(3)31/h6-13,18,31H,2,5,14-15H2,1,3-4H3,(H,28,32). The number of rotatable bonds is 10. The summed E-state index contributed by atoms with van der Waals surface area (Å²) in [6, 6.07) is 12.3. The quantitative estimate of drug-likeness (QED) is 0.388. The van der Waals surface area contributed by atoms with Crippen molar-refractivity contribution >= 4 is 27.3 Å². The fourth-order valence-corrected chi connectivity index (χ4v) is 4.55. The molecular formula is C26H28FN3O6S. The lowest BCUT2D eigenvalue weighted by atomic mass is 10.1. The molecule has 196 valence electrons. The lowest BCUT2D eigenvalue weighted by molar-refractivity contribution is 0.0942. The molecule has 2 aromatic carbocycles. The first-order valence-corrected chi connectivity index (χ1v) is 12.8. The van der Waals surface area contributed by atoms with Gasteiger partial charge in [-0.25, -0.2) is 13.6 Å². The summed E-state index contributed by atoms with van der Waals surface area (Å²) >= 11 is 0. The number of ether oxygens (including phenoxy) is 1. The van der Waals surface area contributed by atoms with Crippen LogP contribution in [0.25, 0.3) is 5.70 Å². The minimum absolute atomic E-state index is 0.0248. The molecule has 37 heavy (non-hydrogen) atoms. The van der Waals surface area contributed by atoms with Gasteiger partial charge in [-0.3, -0.25) is 14.2 Å². The Morgan fingerprint density at radius 3 is 2.54 bits per heavy atom. The average Bonchev–Trinajstić information content (AvgIpc) is 2.85. The first-order chi connectivity index (χ1) is 17.5. The molecule has 0 fully saturated rings. The fraction of sp³-hybridized carbons (Fsp3) is 0.231. The molecule has 9 nitrogen and oxygen atoms in total. The van der Waals surface area contributed by atoms with Crippen LogP contribution < -0.4 is 15.1 Å². The molecule has 2 N–H and O–H groups in total. The molecule has 1 heterocycles. The van der Waals surface area contributed by atoms with Crippen molar-refractivity contribution < 1.29 is 27.4 Å². The van der Waals surface area contributed by atoms with Gasteiger partial charge in [0.15, 0.2) is 5.69 Å². The van der Waals surface area contributed by atoms with Gasteiger partial charge < -0.3 is 19.3 Å². The van der Waals surface area contributed by atoms with E-state index in [0.717, 1.165) is 4.57 Å². The van der Waals surface area contributed by atoms with Crippen molar-refractivity contribution in [2.24, 2.45) is 0 Å². The topological polar surface area (TPSA) is 120 Å². The number of nitrogens with zero attached hydrogens (tertiary/aromatic N) is 2. The van der Waals surface area contributed by atoms with Crippen molar-refractivity contribution in [3.63, 3.8) is 0 Å². The smallest absolute Gasteiger partial charge is 0.302 e. The van der Waals surface area contributed by atoms with E-state index in [2.05, 4.69) is 22.8 Å². The van der Waals surface area contributed by atoms with E-state index in [1.165, 1.54) is 38.3 Å². The highest BCUT2D eigenvalue weighted by Crippen LogP contribution is 2.23. The molecule has 2 unspecified atom stereocenters. The number of aromatic nitrogens is 2. The molecule has 0 aliphatic carbocycles. The highest BCUT2D eigenvalue weighted by atomic mass is 32.2. The summed E-state index contributed by atoms with van der Waals surface area (Å²) in [5.74, 6) is 1.55. The molecule has 3 aromatic rings. The molecule has 1 amide bonds. The molecule has 2 atom stereocenters. The third-order valence-electron chi connectivity index (χ3n) is 5.28. The summed E-state index contributed by atoms with van der Waals surface area (Å²) in [4.78, 5) is 31.2. The Balaban J connectivity index is 2.13. The van der Waals surface area contributed by atoms with E-state index in [4.69, 9.17) is 8.92 Å². The van der Waals surface area contributed by atoms with Gasteiger partial charge in [-0.05, 0) is 49.0 Å². The Labute approximate surface area is 214 Å². The van der Waals surface area contributed by atoms with Gasteiger partial charge >= 0.3 is 5.56 Å². The van der Waals surface area contributed by atoms with Gasteiger partial charge in [0, 0.05) is 19.4 Å². The minimum Gasteiger partial charge on any atom is -0.397 e. The summed E-state index contributed by atoms with van der Waals surface area (Å²) in [6.45, 7) is 6.61. The average molecular weight is 530 g/mol. The second-order valence-corrected chi connectivity index (χ2v) is 10.1. The highest BCUT2D eigenvalue weighted by molar-refractivity contribution is 7.96. The van der Waals surface area contributed by atoms with Crippen LogP contribution in [-0.2, 0) is 21.1 Å². The summed E-state index contributed by atoms with van der Waals surface area (Å²) in [5, 5.41) is 12.9. The first kappa shape index (κ1) is 27.8. The predicted molar refractivity (Wildman–Crippen MR) is 139 cm³/mol. The van der Waals surface area contributed by atoms with Crippen LogP contribution in [0.1, 0.15) is 40.5 Å². The molecule has 0 radical (unpaired) electrons. The van der Waals surface area contributed by atoms with Gasteiger partial charge in [-0.1, -0.05) is 36.9 Å². The van der Waals surface area contributed by atoms with Crippen molar-refractivity contribution in [1.29, 1.82) is 0 Å². The second-order valence-electron chi connectivity index (χ2n) is 8.24. The Morgan fingerprint density at radius 2 is 1.95 bits per heavy atom. The third kappa shape index (κ3) is 6.31. The zero-order valence-electron chi connectivity index (χ0n) is 20.7. The number of amides is 1. The van der Waals surface area contributed by atoms with Gasteiger partial charge in [0.1, 0.15) is 27.5 Å². The minimum atomic E-state index is -3.56. The zero-order chi connectivity index (χ0) is 27.3. The van der Waals surface area contributed by atoms with E-state index in [1.54, 1.807) is 31.2 Å². The Hall–Kier alpha value is -3.80. The number of nitrogens with one attached hydrogen (secondary N) is 1. The maximum Gasteiger partial charge on any atom is 0.302 e. The van der Waals surface area contributed by atoms with E-state index in [-0.39, 0.29) is 35.4 Å². The van der Waals surface area contributed by atoms with Crippen molar-refractivity contribution in [3.8, 4) is 5.75 Å². The maximum atomic E-state index is 13.6. The molecular weight excluding hydrogens is 501 g/mol. The van der Waals surface area contributed by atoms with E-state index in [9.17, 15) is 23.3 Å². The second kappa shape index (κ2) is 11.5. The van der Waals surface area contributed by atoms with Crippen LogP contribution in [0.15, 0.2) is 64.8 Å². The lowest BCUT2D eigenvalue weighted by Crippen LogP contribution is -2.34. The highest BCUT2D eigenvalue weighted by Gasteiger charge is 2.28. The summed E-state index contributed by atoms with van der Waals surface area (Å²) < 4.78 is 38.6. The van der Waals surface area contributed by atoms with Crippen molar-refractivity contribution in [2.75, 3.05) is 13.7 Å². The molecule has 0 spiro atoms. The predicted octanol–water partition coefficient (Wildman–Crippen LogP) is 2.86. The molecule has 3 rings (SSSR count). The monoisotopic (exact) mass is 529 g/mol. The SMILES string of the molecule is C=C(COC)n1c(C(C)O)nc(C(=O)NCc2ccc(F)c(C)c2)c(OS(=C)(=O)c2ccccc2)c1=O. The fourth-order valence-electron chi connectivity index (χ4n) is 3.46. The van der Waals surface area contributed by atoms with Crippen LogP contribution in [0.3, 0.4) is 0 Å². The maximum absolute atomic E-state index is 13.6. The number of aliphatic hydroxyl groups excluding tert-OH is 1. The first-order valence-electron chi connectivity index (χ1n) is 11.1. The molecule has 0 saturated carbocycles. The van der Waals surface area contributed by atoms with Crippen LogP contribution in [0, 0.1) is 12.7 Å². The van der Waals surface area contributed by atoms with Crippen LogP contribution >= 0.6 is 0 Å². The lowest BCUT2D eigenvalue weighted by Gasteiger charge is -2.20. The van der Waals surface area contributed by atoms with E-state index >= 15 is 0 Å². The summed E-state index contributed by atoms with van der Waals surface area (Å²) in [6.07, 6.45) is -1.29. The Morgan fingerprint density at radius 1 is 1.27 bits per heavy atom. The number of aryl methyl sites for hydroxylation is 1. The number of carbonyl (C=O) groups excluding carboxylic acids is 1. The largest absolute Gasteiger partial charge is 0.397 e. The van der Waals surface area contributed by atoms with Crippen LogP contribution in [-0.4, -0.2) is 44.4 Å². The number of benzene rings is 2. The number of methoxy groups -OCH3 is 1. The van der Waals surface area contributed by atoms with Gasteiger partial charge in [0.2, 0.25) is 5.75 Å². The molecule has 0 saturated heterocycles. The number of hydrogen-bond donors (Lipinski definition) is 2. The van der Waals surface area contributed by atoms with Crippen LogP contribution in [0.5, 0.6) is 5.75 Å². The van der Waals surface area contributed by atoms with Gasteiger partial charge in [0.25, 0.3) is 5.91 Å². The molecule has 0 aliphatic rings. The molecule has 11 heteroatoms. The Bertz CT molecular complexity index is 1480. The zero-order valence-corrected chi connectivity index (χ0v) is 21.5. The number of hydrogen-bond acceptors (Lipinski definition) is 7. The van der Waals surface area contributed by atoms with E-state index < -0.39 is 38.8 Å². The molecule has 0 aliphatic heterocycles. The number of aliphatic hydroxyl groups is 1. The number of halogens is 1. The summed E-state index contributed by atoms with van der Waals surface area (Å²) in [7, 11) is -2.17. The Kier molecular flexibility index (Phi) is 8.64. The number of carbonyl (C=O) groups is 1. The van der Waals surface area contributed by atoms with Crippen LogP contribution in [0.2, 0.25) is 0 Å². The van der Waals surface area contributed by atoms with Crippen molar-refractivity contribution in [2.45, 2.75) is 31.4 Å². The van der Waals surface area contributed by atoms with Crippen molar-refractivity contribution in [3.05, 3.63) is 93.9 Å². The van der Waals surface area contributed by atoms with Gasteiger partial charge in [-0.2, -0.15) is 0 Å². The van der Waals surface area contributed by atoms with Crippen LogP contribution in [0.4, 0.5) is 4.39 Å². The van der Waals surface area contributed by atoms with Gasteiger partial charge in [0.05, 0.1) is 11.5 Å². The third-order valence-corrected chi connectivity index (χ3v) is 6.71. The van der Waals surface area contributed by atoms with E-state index in [1.807, 2.05) is 0 Å². The molecule has 1 aromatic heterocycles. The molecule has 0 bridgehead atoms. The normalized spacial score (nSPS) is 13.4. The summed E-state index contributed by atoms with van der Waals surface area (Å²) in [5.41, 5.74) is -0.344. The van der Waals surface area contributed by atoms with E-state index in [0.29, 0.717) is 11.1 Å². The van der Waals surface area contributed by atoms with Gasteiger partial charge in [-0.15, -0.1) is 0 Å². The van der Waals surface area contributed by atoms with Crippen molar-refractivity contribution in [1.82, 2.24) is 14.9 Å².